The van der Waals surface area contributed by atoms with Crippen LogP contribution in [0, 0.1) is 11.3 Å². The normalized spacial score (nSPS) is 27.6. The van der Waals surface area contributed by atoms with E-state index in [1.807, 2.05) is 0 Å². The Labute approximate surface area is 111 Å². The quantitative estimate of drug-likeness (QED) is 0.827. The van der Waals surface area contributed by atoms with E-state index in [0.29, 0.717) is 18.4 Å². The molecule has 2 rings (SSSR count). The number of hydrogen-bond donors (Lipinski definition) is 1. The van der Waals surface area contributed by atoms with Crippen molar-refractivity contribution in [1.82, 2.24) is 4.90 Å². The van der Waals surface area contributed by atoms with E-state index >= 15 is 0 Å². The number of halogens is 1. The van der Waals surface area contributed by atoms with Crippen LogP contribution in [0.5, 0.6) is 0 Å². The monoisotopic (exact) mass is 260 g/mol. The van der Waals surface area contributed by atoms with E-state index in [1.54, 1.807) is 0 Å². The van der Waals surface area contributed by atoms with Gasteiger partial charge >= 0.3 is 0 Å². The molecule has 0 radical (unpaired) electrons. The molecule has 1 aliphatic carbocycles. The summed E-state index contributed by atoms with van der Waals surface area (Å²) < 4.78 is 0. The van der Waals surface area contributed by atoms with Gasteiger partial charge in [-0.25, -0.2) is 0 Å². The van der Waals surface area contributed by atoms with Gasteiger partial charge in [0.25, 0.3) is 0 Å². The van der Waals surface area contributed by atoms with Gasteiger partial charge in [-0.1, -0.05) is 19.8 Å². The van der Waals surface area contributed by atoms with Gasteiger partial charge in [-0.05, 0) is 31.6 Å². The Hall–Kier alpha value is -0.280. The Morgan fingerprint density at radius 1 is 1.35 bits per heavy atom. The van der Waals surface area contributed by atoms with E-state index < -0.39 is 0 Å². The first-order valence-corrected chi connectivity index (χ1v) is 6.67. The molecule has 17 heavy (non-hydrogen) atoms. The molecule has 0 bridgehead atoms. The lowest BCUT2D eigenvalue weighted by atomic mass is 9.83. The van der Waals surface area contributed by atoms with Crippen molar-refractivity contribution in [2.45, 2.75) is 45.4 Å². The summed E-state index contributed by atoms with van der Waals surface area (Å²) >= 11 is 0. The molecule has 0 aromatic rings. The van der Waals surface area contributed by atoms with Crippen LogP contribution in [0.4, 0.5) is 0 Å². The maximum absolute atomic E-state index is 12.5. The van der Waals surface area contributed by atoms with Crippen molar-refractivity contribution in [1.29, 1.82) is 0 Å². The Bertz CT molecular complexity index is 264. The summed E-state index contributed by atoms with van der Waals surface area (Å²) in [5.41, 5.74) is 5.67. The van der Waals surface area contributed by atoms with Crippen LogP contribution in [0.1, 0.15) is 45.4 Å². The smallest absolute Gasteiger partial charge is 0.230 e. The number of nitrogens with two attached hydrogens (primary N) is 1. The average molecular weight is 261 g/mol. The third-order valence-corrected chi connectivity index (χ3v) is 4.35. The summed E-state index contributed by atoms with van der Waals surface area (Å²) in [6, 6.07) is 0. The molecule has 2 N–H and O–H groups in total. The zero-order valence-corrected chi connectivity index (χ0v) is 11.6. The standard InChI is InChI=1S/C13H24N2O.ClH/c1-11-5-4-8-15(9-11)12(16)13(10-14)6-2-3-7-13;/h11H,2-10,14H2,1H3;1H. The molecule has 0 aromatic carbocycles. The molecular weight excluding hydrogens is 236 g/mol. The number of hydrogen-bond acceptors (Lipinski definition) is 2. The van der Waals surface area contributed by atoms with Gasteiger partial charge in [0.2, 0.25) is 5.91 Å². The predicted octanol–water partition coefficient (Wildman–Crippen LogP) is 2.19. The molecule has 1 saturated carbocycles. The van der Waals surface area contributed by atoms with E-state index in [0.717, 1.165) is 32.4 Å². The zero-order chi connectivity index (χ0) is 11.6. The number of carbonyl (C=O) groups excluding carboxylic acids is 1. The summed E-state index contributed by atoms with van der Waals surface area (Å²) in [4.78, 5) is 14.6. The van der Waals surface area contributed by atoms with Crippen LogP contribution < -0.4 is 5.73 Å². The molecule has 1 atom stereocenters. The molecule has 1 aliphatic heterocycles. The van der Waals surface area contributed by atoms with Crippen molar-refractivity contribution in [3.8, 4) is 0 Å². The van der Waals surface area contributed by atoms with Gasteiger partial charge in [0, 0.05) is 19.6 Å². The lowest BCUT2D eigenvalue weighted by molar-refractivity contribution is -0.143. The zero-order valence-electron chi connectivity index (χ0n) is 10.8. The minimum atomic E-state index is -0.197. The summed E-state index contributed by atoms with van der Waals surface area (Å²) in [6.07, 6.45) is 6.78. The third-order valence-electron chi connectivity index (χ3n) is 4.35. The number of piperidine rings is 1. The molecule has 1 unspecified atom stereocenters. The largest absolute Gasteiger partial charge is 0.342 e. The molecule has 4 heteroatoms. The fourth-order valence-electron chi connectivity index (χ4n) is 3.27. The van der Waals surface area contributed by atoms with Crippen molar-refractivity contribution < 1.29 is 4.79 Å². The van der Waals surface area contributed by atoms with Crippen LogP contribution >= 0.6 is 12.4 Å². The Morgan fingerprint density at radius 2 is 2.00 bits per heavy atom. The number of nitrogens with zero attached hydrogens (tertiary/aromatic N) is 1. The lowest BCUT2D eigenvalue weighted by Crippen LogP contribution is -2.49. The summed E-state index contributed by atoms with van der Waals surface area (Å²) in [6.45, 7) is 4.67. The Balaban J connectivity index is 0.00000144. The van der Waals surface area contributed by atoms with E-state index in [9.17, 15) is 4.79 Å². The second kappa shape index (κ2) is 6.05. The van der Waals surface area contributed by atoms with Crippen LogP contribution in [-0.4, -0.2) is 30.4 Å². The molecule has 2 fully saturated rings. The van der Waals surface area contributed by atoms with Gasteiger partial charge in [-0.2, -0.15) is 0 Å². The van der Waals surface area contributed by atoms with Gasteiger partial charge in [-0.3, -0.25) is 4.79 Å². The number of carbonyl (C=O) groups is 1. The molecule has 0 spiro atoms. The molecule has 2 aliphatic rings. The first-order chi connectivity index (χ1) is 7.68. The Kier molecular flexibility index (Phi) is 5.26. The summed E-state index contributed by atoms with van der Waals surface area (Å²) in [5, 5.41) is 0. The Morgan fingerprint density at radius 3 is 2.53 bits per heavy atom. The van der Waals surface area contributed by atoms with E-state index in [2.05, 4.69) is 11.8 Å². The van der Waals surface area contributed by atoms with Crippen molar-refractivity contribution in [3.63, 3.8) is 0 Å². The molecule has 0 aromatic heterocycles. The third kappa shape index (κ3) is 2.94. The predicted molar refractivity (Wildman–Crippen MR) is 72.2 cm³/mol. The highest BCUT2D eigenvalue weighted by atomic mass is 35.5. The van der Waals surface area contributed by atoms with Gasteiger partial charge in [0.05, 0.1) is 5.41 Å². The lowest BCUT2D eigenvalue weighted by Gasteiger charge is -2.37. The van der Waals surface area contributed by atoms with Crippen LogP contribution in [0.3, 0.4) is 0 Å². The second-order valence-corrected chi connectivity index (χ2v) is 5.69. The topological polar surface area (TPSA) is 46.3 Å². The average Bonchev–Trinajstić information content (AvgIpc) is 2.78. The highest BCUT2D eigenvalue weighted by Gasteiger charge is 2.42. The fourth-order valence-corrected chi connectivity index (χ4v) is 3.27. The van der Waals surface area contributed by atoms with Crippen LogP contribution in [-0.2, 0) is 4.79 Å². The van der Waals surface area contributed by atoms with Gasteiger partial charge in [0.15, 0.2) is 0 Å². The highest BCUT2D eigenvalue weighted by Crippen LogP contribution is 2.39. The highest BCUT2D eigenvalue weighted by molar-refractivity contribution is 5.85. The van der Waals surface area contributed by atoms with Crippen LogP contribution in [0.15, 0.2) is 0 Å². The van der Waals surface area contributed by atoms with Crippen molar-refractivity contribution in [2.75, 3.05) is 19.6 Å². The molecule has 1 amide bonds. The van der Waals surface area contributed by atoms with Crippen molar-refractivity contribution in [2.24, 2.45) is 17.1 Å². The number of amides is 1. The van der Waals surface area contributed by atoms with Gasteiger partial charge in [0.1, 0.15) is 0 Å². The first-order valence-electron chi connectivity index (χ1n) is 6.67. The minimum Gasteiger partial charge on any atom is -0.342 e. The number of rotatable bonds is 2. The van der Waals surface area contributed by atoms with Crippen molar-refractivity contribution >= 4 is 18.3 Å². The van der Waals surface area contributed by atoms with Gasteiger partial charge in [-0.15, -0.1) is 12.4 Å². The molecular formula is C13H25ClN2O. The van der Waals surface area contributed by atoms with Gasteiger partial charge < -0.3 is 10.6 Å². The van der Waals surface area contributed by atoms with Crippen LogP contribution in [0.25, 0.3) is 0 Å². The van der Waals surface area contributed by atoms with Crippen molar-refractivity contribution in [3.05, 3.63) is 0 Å². The van der Waals surface area contributed by atoms with E-state index in [-0.39, 0.29) is 17.8 Å². The van der Waals surface area contributed by atoms with E-state index in [1.165, 1.54) is 19.3 Å². The maximum Gasteiger partial charge on any atom is 0.230 e. The SMILES string of the molecule is CC1CCCN(C(=O)C2(CN)CCCC2)C1.Cl. The summed E-state index contributed by atoms with van der Waals surface area (Å²) in [7, 11) is 0. The number of likely N-dealkylation sites (tertiary alicyclic amines) is 1. The maximum atomic E-state index is 12.5. The molecule has 1 heterocycles. The molecule has 3 nitrogen and oxygen atoms in total. The molecule has 1 saturated heterocycles. The molecule has 100 valence electrons. The second-order valence-electron chi connectivity index (χ2n) is 5.69. The first kappa shape index (κ1) is 14.8. The van der Waals surface area contributed by atoms with E-state index in [4.69, 9.17) is 5.73 Å². The minimum absolute atomic E-state index is 0. The summed E-state index contributed by atoms with van der Waals surface area (Å²) in [5.74, 6) is 1.01. The van der Waals surface area contributed by atoms with Crippen LogP contribution in [0.2, 0.25) is 0 Å². The fraction of sp³-hybridized carbons (Fsp3) is 0.923.